The second-order valence-electron chi connectivity index (χ2n) is 3.49. The average molecular weight is 195 g/mol. The lowest BCUT2D eigenvalue weighted by atomic mass is 10.1. The van der Waals surface area contributed by atoms with Gasteiger partial charge in [0.05, 0.1) is 0 Å². The third kappa shape index (κ3) is 1.48. The van der Waals surface area contributed by atoms with Gasteiger partial charge >= 0.3 is 0 Å². The maximum Gasteiger partial charge on any atom is 0.231 e. The van der Waals surface area contributed by atoms with Gasteiger partial charge in [-0.3, -0.25) is 0 Å². The van der Waals surface area contributed by atoms with Crippen molar-refractivity contribution in [3.8, 4) is 17.2 Å². The number of aromatic hydroxyl groups is 1. The Morgan fingerprint density at radius 3 is 3.00 bits per heavy atom. The molecule has 76 valence electrons. The van der Waals surface area contributed by atoms with E-state index in [1.165, 1.54) is 0 Å². The molecule has 4 heteroatoms. The van der Waals surface area contributed by atoms with Gasteiger partial charge in [-0.2, -0.15) is 0 Å². The van der Waals surface area contributed by atoms with Gasteiger partial charge in [-0.1, -0.05) is 6.07 Å². The third-order valence-electron chi connectivity index (χ3n) is 2.14. The summed E-state index contributed by atoms with van der Waals surface area (Å²) in [6.45, 7) is 2.06. The number of hydrogen-bond acceptors (Lipinski definition) is 4. The highest BCUT2D eigenvalue weighted by molar-refractivity contribution is 5.56. The Hall–Kier alpha value is -1.42. The summed E-state index contributed by atoms with van der Waals surface area (Å²) in [5.41, 5.74) is 6.45. The number of ether oxygens (including phenoxy) is 2. The number of phenols is 1. The van der Waals surface area contributed by atoms with Crippen molar-refractivity contribution in [2.75, 3.05) is 6.79 Å². The Morgan fingerprint density at radius 2 is 2.29 bits per heavy atom. The summed E-state index contributed by atoms with van der Waals surface area (Å²) in [7, 11) is 0. The molecule has 1 aliphatic heterocycles. The quantitative estimate of drug-likeness (QED) is 0.739. The third-order valence-corrected chi connectivity index (χ3v) is 2.14. The van der Waals surface area contributed by atoms with Crippen molar-refractivity contribution in [2.45, 2.75) is 19.4 Å². The molecule has 0 unspecified atom stereocenters. The second kappa shape index (κ2) is 3.38. The highest BCUT2D eigenvalue weighted by Gasteiger charge is 2.20. The molecule has 1 aromatic carbocycles. The molecule has 0 aliphatic carbocycles. The van der Waals surface area contributed by atoms with E-state index in [9.17, 15) is 5.11 Å². The predicted molar refractivity (Wildman–Crippen MR) is 51.6 cm³/mol. The highest BCUT2D eigenvalue weighted by atomic mass is 16.7. The van der Waals surface area contributed by atoms with Crippen LogP contribution in [0.3, 0.4) is 0 Å². The van der Waals surface area contributed by atoms with Crippen molar-refractivity contribution >= 4 is 0 Å². The van der Waals surface area contributed by atoms with Crippen molar-refractivity contribution in [1.82, 2.24) is 0 Å². The lowest BCUT2D eigenvalue weighted by Crippen LogP contribution is -2.17. The average Bonchev–Trinajstić information content (AvgIpc) is 2.57. The van der Waals surface area contributed by atoms with Crippen LogP contribution in [-0.4, -0.2) is 17.9 Å². The SMILES string of the molecule is C[C@H](N)Cc1ccc2c(c1O)OCO2. The van der Waals surface area contributed by atoms with E-state index in [1.54, 1.807) is 6.07 Å². The molecule has 3 N–H and O–H groups in total. The summed E-state index contributed by atoms with van der Waals surface area (Å²) in [5.74, 6) is 1.18. The molecule has 1 atom stereocenters. The molecular formula is C10H13NO3. The summed E-state index contributed by atoms with van der Waals surface area (Å²) in [6, 6.07) is 3.62. The molecule has 0 aromatic heterocycles. The molecule has 1 aromatic rings. The van der Waals surface area contributed by atoms with Crippen molar-refractivity contribution in [2.24, 2.45) is 5.73 Å². The van der Waals surface area contributed by atoms with Crippen LogP contribution in [0, 0.1) is 0 Å². The zero-order chi connectivity index (χ0) is 10.1. The Balaban J connectivity index is 2.35. The number of phenolic OH excluding ortho intramolecular Hbond substituents is 1. The molecule has 0 fully saturated rings. The lowest BCUT2D eigenvalue weighted by molar-refractivity contribution is 0.171. The van der Waals surface area contributed by atoms with Gasteiger partial charge in [0, 0.05) is 6.04 Å². The summed E-state index contributed by atoms with van der Waals surface area (Å²) in [6.07, 6.45) is 0.627. The van der Waals surface area contributed by atoms with Crippen LogP contribution < -0.4 is 15.2 Å². The number of rotatable bonds is 2. The van der Waals surface area contributed by atoms with Gasteiger partial charge in [0.2, 0.25) is 12.5 Å². The van der Waals surface area contributed by atoms with E-state index in [4.69, 9.17) is 15.2 Å². The van der Waals surface area contributed by atoms with E-state index in [0.29, 0.717) is 17.9 Å². The largest absolute Gasteiger partial charge is 0.504 e. The summed E-state index contributed by atoms with van der Waals surface area (Å²) in [4.78, 5) is 0. The van der Waals surface area contributed by atoms with Gasteiger partial charge in [0.1, 0.15) is 0 Å². The molecule has 0 amide bonds. The first-order chi connectivity index (χ1) is 6.68. The van der Waals surface area contributed by atoms with Gasteiger partial charge in [-0.15, -0.1) is 0 Å². The number of fused-ring (bicyclic) bond motifs is 1. The second-order valence-corrected chi connectivity index (χ2v) is 3.49. The minimum absolute atomic E-state index is 0.0151. The summed E-state index contributed by atoms with van der Waals surface area (Å²) in [5, 5.41) is 9.80. The standard InChI is InChI=1S/C10H13NO3/c1-6(11)4-7-2-3-8-10(9(7)12)14-5-13-8/h2-3,6,12H,4-5,11H2,1H3/t6-/m0/s1. The van der Waals surface area contributed by atoms with Crippen molar-refractivity contribution in [3.05, 3.63) is 17.7 Å². The number of hydrogen-bond donors (Lipinski definition) is 2. The Morgan fingerprint density at radius 1 is 1.50 bits per heavy atom. The topological polar surface area (TPSA) is 64.7 Å². The Labute approximate surface area is 82.2 Å². The number of nitrogens with two attached hydrogens (primary N) is 1. The summed E-state index contributed by atoms with van der Waals surface area (Å²) < 4.78 is 10.3. The van der Waals surface area contributed by atoms with Crippen LogP contribution in [0.25, 0.3) is 0 Å². The molecule has 1 aliphatic rings. The molecule has 0 saturated carbocycles. The highest BCUT2D eigenvalue weighted by Crippen LogP contribution is 2.42. The smallest absolute Gasteiger partial charge is 0.231 e. The molecule has 14 heavy (non-hydrogen) atoms. The van der Waals surface area contributed by atoms with Gasteiger partial charge in [0.15, 0.2) is 11.5 Å². The van der Waals surface area contributed by atoms with Gasteiger partial charge in [-0.05, 0) is 25.0 Å². The van der Waals surface area contributed by atoms with Crippen LogP contribution in [0.15, 0.2) is 12.1 Å². The van der Waals surface area contributed by atoms with Crippen LogP contribution in [0.2, 0.25) is 0 Å². The normalized spacial score (nSPS) is 15.6. The first kappa shape index (κ1) is 9.15. The first-order valence-electron chi connectivity index (χ1n) is 4.54. The van der Waals surface area contributed by atoms with E-state index >= 15 is 0 Å². The fraction of sp³-hybridized carbons (Fsp3) is 0.400. The van der Waals surface area contributed by atoms with E-state index < -0.39 is 0 Å². The molecular weight excluding hydrogens is 182 g/mol. The molecule has 4 nitrogen and oxygen atoms in total. The van der Waals surface area contributed by atoms with E-state index in [0.717, 1.165) is 5.56 Å². The monoisotopic (exact) mass is 195 g/mol. The van der Waals surface area contributed by atoms with E-state index in [2.05, 4.69) is 0 Å². The van der Waals surface area contributed by atoms with Gasteiger partial charge < -0.3 is 20.3 Å². The van der Waals surface area contributed by atoms with Gasteiger partial charge in [0.25, 0.3) is 0 Å². The minimum atomic E-state index is 0.0151. The van der Waals surface area contributed by atoms with Crippen LogP contribution in [0.1, 0.15) is 12.5 Å². The Bertz CT molecular complexity index is 349. The zero-order valence-electron chi connectivity index (χ0n) is 7.99. The molecule has 1 heterocycles. The molecule has 0 spiro atoms. The first-order valence-corrected chi connectivity index (χ1v) is 4.54. The van der Waals surface area contributed by atoms with Crippen LogP contribution >= 0.6 is 0 Å². The van der Waals surface area contributed by atoms with E-state index in [-0.39, 0.29) is 18.6 Å². The fourth-order valence-corrected chi connectivity index (χ4v) is 1.51. The van der Waals surface area contributed by atoms with Crippen LogP contribution in [0.5, 0.6) is 17.2 Å². The summed E-state index contributed by atoms with van der Waals surface area (Å²) >= 11 is 0. The van der Waals surface area contributed by atoms with Crippen LogP contribution in [-0.2, 0) is 6.42 Å². The van der Waals surface area contributed by atoms with Gasteiger partial charge in [-0.25, -0.2) is 0 Å². The molecule has 0 radical (unpaired) electrons. The fourth-order valence-electron chi connectivity index (χ4n) is 1.51. The van der Waals surface area contributed by atoms with Crippen molar-refractivity contribution in [3.63, 3.8) is 0 Å². The molecule has 0 saturated heterocycles. The predicted octanol–water partition coefficient (Wildman–Crippen LogP) is 1.01. The van der Waals surface area contributed by atoms with Crippen molar-refractivity contribution in [1.29, 1.82) is 0 Å². The minimum Gasteiger partial charge on any atom is -0.504 e. The zero-order valence-corrected chi connectivity index (χ0v) is 7.99. The van der Waals surface area contributed by atoms with Crippen LogP contribution in [0.4, 0.5) is 0 Å². The van der Waals surface area contributed by atoms with Crippen molar-refractivity contribution < 1.29 is 14.6 Å². The lowest BCUT2D eigenvalue weighted by Gasteiger charge is -2.08. The molecule has 0 bridgehead atoms. The molecule has 2 rings (SSSR count). The maximum absolute atomic E-state index is 9.80. The van der Waals surface area contributed by atoms with E-state index in [1.807, 2.05) is 13.0 Å². The Kier molecular flexibility index (Phi) is 2.21. The maximum atomic E-state index is 9.80. The number of benzene rings is 1.